The maximum atomic E-state index is 9.88. The van der Waals surface area contributed by atoms with Gasteiger partial charge in [0, 0.05) is 0 Å². The third kappa shape index (κ3) is 11.7. The number of hydrogen-bond donors (Lipinski definition) is 4. The van der Waals surface area contributed by atoms with Crippen molar-refractivity contribution >= 4 is 29.7 Å². The van der Waals surface area contributed by atoms with Crippen LogP contribution in [0, 0.1) is 0 Å². The Morgan fingerprint density at radius 3 is 1.42 bits per heavy atom. The van der Waals surface area contributed by atoms with E-state index < -0.39 is 18.0 Å². The van der Waals surface area contributed by atoms with E-state index in [9.17, 15) is 4.79 Å². The van der Waals surface area contributed by atoms with Gasteiger partial charge in [-0.2, -0.15) is 0 Å². The second-order valence-electron chi connectivity index (χ2n) is 1.74. The largest absolute Gasteiger partial charge is 0.473 e. The van der Waals surface area contributed by atoms with Crippen LogP contribution < -0.4 is 5.73 Å². The first-order valence-corrected chi connectivity index (χ1v) is 3.18. The monoisotopic (exact) mass is 195 g/mol. The fourth-order valence-electron chi connectivity index (χ4n) is 0. The van der Waals surface area contributed by atoms with Gasteiger partial charge in [0.05, 0.1) is 6.04 Å². The van der Waals surface area contributed by atoms with Crippen LogP contribution in [0.3, 0.4) is 0 Å². The van der Waals surface area contributed by atoms with Crippen molar-refractivity contribution in [1.82, 2.24) is 0 Å². The summed E-state index contributed by atoms with van der Waals surface area (Å²) in [6, 6.07) is -0.423. The number of rotatable bonds is 1. The predicted octanol–water partition coefficient (Wildman–Crippen LogP) is -1.05. The Balaban J connectivity index is 0. The number of nitrogens with two attached hydrogens (primary N) is 1. The van der Waals surface area contributed by atoms with Crippen LogP contribution in [0.25, 0.3) is 0 Å². The Hall–Kier alpha value is -1.08. The molecule has 0 aliphatic rings. The molecule has 0 aromatic carbocycles. The molecule has 0 fully saturated rings. The lowest BCUT2D eigenvalue weighted by atomic mass is 10.4. The molecule has 0 aromatic rings. The lowest BCUT2D eigenvalue weighted by Gasteiger charge is -1.90. The third-order valence-corrected chi connectivity index (χ3v) is 0.980. The van der Waals surface area contributed by atoms with Crippen LogP contribution in [0.5, 0.6) is 0 Å². The molecule has 0 aliphatic carbocycles. The highest BCUT2D eigenvalue weighted by molar-refractivity contribution is 7.96. The molecule has 0 spiro atoms. The van der Waals surface area contributed by atoms with E-state index >= 15 is 0 Å². The van der Waals surface area contributed by atoms with Gasteiger partial charge in [0.15, 0.2) is 0 Å². The normalized spacial score (nSPS) is 10.6. The summed E-state index contributed by atoms with van der Waals surface area (Å²) in [5.41, 5.74) is 5.01. The molecule has 4 N–H and O–H groups in total. The molecule has 1 unspecified atom stereocenters. The second-order valence-corrected chi connectivity index (χ2v) is 2.18. The topological polar surface area (TPSA) is 118 Å². The quantitative estimate of drug-likeness (QED) is 0.313. The molecule has 0 amide bonds. The number of aliphatic carboxylic acids is 2. The number of thiol groups is 1. The molecule has 0 aromatic heterocycles. The Morgan fingerprint density at radius 2 is 1.42 bits per heavy atom. The highest BCUT2D eigenvalue weighted by Gasteiger charge is 2.04. The first-order chi connectivity index (χ1) is 5.29. The summed E-state index contributed by atoms with van der Waals surface area (Å²) >= 11 is 3.43. The highest BCUT2D eigenvalue weighted by Crippen LogP contribution is 1.80. The van der Waals surface area contributed by atoms with Crippen molar-refractivity contribution in [2.75, 3.05) is 0 Å². The summed E-state index contributed by atoms with van der Waals surface area (Å²) in [4.78, 5) is 28.1. The van der Waals surface area contributed by atoms with Gasteiger partial charge in [-0.1, -0.05) is 0 Å². The molecule has 0 heterocycles. The molecule has 0 bridgehead atoms. The van der Waals surface area contributed by atoms with Gasteiger partial charge in [0.2, 0.25) is 5.12 Å². The molecule has 12 heavy (non-hydrogen) atoms. The zero-order chi connectivity index (χ0) is 10.3. The van der Waals surface area contributed by atoms with E-state index in [4.69, 9.17) is 25.5 Å². The molecule has 1 atom stereocenters. The summed E-state index contributed by atoms with van der Waals surface area (Å²) < 4.78 is 0. The molecule has 0 radical (unpaired) electrons. The van der Waals surface area contributed by atoms with Crippen molar-refractivity contribution in [3.8, 4) is 0 Å². The summed E-state index contributed by atoms with van der Waals surface area (Å²) in [5, 5.41) is 14.5. The minimum atomic E-state index is -1.82. The maximum absolute atomic E-state index is 9.88. The lowest BCUT2D eigenvalue weighted by Crippen LogP contribution is -2.21. The Morgan fingerprint density at radius 1 is 1.25 bits per heavy atom. The number of carboxylic acids is 2. The zero-order valence-corrected chi connectivity index (χ0v) is 7.12. The summed E-state index contributed by atoms with van der Waals surface area (Å²) in [6.07, 6.45) is 0. The molecular weight excluding hydrogens is 186 g/mol. The maximum Gasteiger partial charge on any atom is 0.414 e. The van der Waals surface area contributed by atoms with E-state index in [0.29, 0.717) is 0 Å². The zero-order valence-electron chi connectivity index (χ0n) is 6.22. The average Bonchev–Trinajstić information content (AvgIpc) is 1.88. The van der Waals surface area contributed by atoms with Gasteiger partial charge in [-0.15, -0.1) is 12.6 Å². The predicted molar refractivity (Wildman–Crippen MR) is 42.9 cm³/mol. The lowest BCUT2D eigenvalue weighted by molar-refractivity contribution is -0.159. The van der Waals surface area contributed by atoms with Crippen molar-refractivity contribution in [2.45, 2.75) is 13.0 Å². The highest BCUT2D eigenvalue weighted by atomic mass is 32.1. The number of carbonyl (C=O) groups is 3. The van der Waals surface area contributed by atoms with Crippen LogP contribution in [0.1, 0.15) is 6.92 Å². The fourth-order valence-corrected chi connectivity index (χ4v) is 0. The van der Waals surface area contributed by atoms with Gasteiger partial charge in [-0.25, -0.2) is 9.59 Å². The fraction of sp³-hybridized carbons (Fsp3) is 0.400. The number of carboxylic acid groups (broad SMARTS) is 2. The van der Waals surface area contributed by atoms with E-state index in [2.05, 4.69) is 12.6 Å². The van der Waals surface area contributed by atoms with Crippen LogP contribution in [0.2, 0.25) is 0 Å². The van der Waals surface area contributed by atoms with Crippen molar-refractivity contribution in [2.24, 2.45) is 5.73 Å². The molecule has 0 rings (SSSR count). The van der Waals surface area contributed by atoms with E-state index in [1.807, 2.05) is 0 Å². The Bertz CT molecular complexity index is 178. The minimum Gasteiger partial charge on any atom is -0.473 e. The van der Waals surface area contributed by atoms with E-state index in [0.717, 1.165) is 0 Å². The molecular formula is C5H9NO5S. The van der Waals surface area contributed by atoms with Crippen molar-refractivity contribution in [3.63, 3.8) is 0 Å². The van der Waals surface area contributed by atoms with E-state index in [1.54, 1.807) is 6.92 Å². The Labute approximate surface area is 73.8 Å². The van der Waals surface area contributed by atoms with Crippen molar-refractivity contribution < 1.29 is 24.6 Å². The SMILES string of the molecule is CC(N)C(=O)S.O=C(O)C(=O)O. The first kappa shape index (κ1) is 13.5. The molecule has 0 saturated carbocycles. The van der Waals surface area contributed by atoms with Gasteiger partial charge in [-0.05, 0) is 6.92 Å². The van der Waals surface area contributed by atoms with Gasteiger partial charge >= 0.3 is 11.9 Å². The molecule has 7 heteroatoms. The van der Waals surface area contributed by atoms with Crippen LogP contribution in [-0.4, -0.2) is 33.3 Å². The summed E-state index contributed by atoms with van der Waals surface area (Å²) in [7, 11) is 0. The standard InChI is InChI=1S/C3H7NOS.C2H2O4/c1-2(4)3(5)6;3-1(4)2(5)6/h2H,4H2,1H3,(H,5,6);(H,3,4)(H,5,6). The molecule has 6 nitrogen and oxygen atoms in total. The van der Waals surface area contributed by atoms with Gasteiger partial charge in [0.1, 0.15) is 0 Å². The van der Waals surface area contributed by atoms with Crippen LogP contribution in [-0.2, 0) is 14.4 Å². The third-order valence-electron chi connectivity index (χ3n) is 0.572. The molecule has 0 saturated heterocycles. The van der Waals surface area contributed by atoms with Gasteiger partial charge < -0.3 is 15.9 Å². The van der Waals surface area contributed by atoms with Crippen LogP contribution in [0.15, 0.2) is 0 Å². The van der Waals surface area contributed by atoms with Crippen LogP contribution in [0.4, 0.5) is 0 Å². The minimum absolute atomic E-state index is 0.269. The van der Waals surface area contributed by atoms with Crippen molar-refractivity contribution in [3.05, 3.63) is 0 Å². The summed E-state index contributed by atoms with van der Waals surface area (Å²) in [6.45, 7) is 1.59. The van der Waals surface area contributed by atoms with Crippen molar-refractivity contribution in [1.29, 1.82) is 0 Å². The van der Waals surface area contributed by atoms with E-state index in [-0.39, 0.29) is 5.12 Å². The second kappa shape index (κ2) is 6.62. The molecule has 70 valence electrons. The number of hydrogen-bond acceptors (Lipinski definition) is 4. The van der Waals surface area contributed by atoms with E-state index in [1.165, 1.54) is 0 Å². The number of carbonyl (C=O) groups excluding carboxylic acids is 1. The average molecular weight is 195 g/mol. The van der Waals surface area contributed by atoms with Gasteiger partial charge in [0.25, 0.3) is 0 Å². The smallest absolute Gasteiger partial charge is 0.414 e. The first-order valence-electron chi connectivity index (χ1n) is 2.73. The van der Waals surface area contributed by atoms with Gasteiger partial charge in [-0.3, -0.25) is 4.79 Å². The van der Waals surface area contributed by atoms with Crippen LogP contribution >= 0.6 is 12.6 Å². The molecule has 0 aliphatic heterocycles. The Kier molecular flexibility index (Phi) is 7.45. The summed E-state index contributed by atoms with van der Waals surface area (Å²) in [5.74, 6) is -3.65.